The Morgan fingerprint density at radius 2 is 1.91 bits per heavy atom. The molecule has 0 heterocycles. The lowest BCUT2D eigenvalue weighted by Gasteiger charge is -2.18. The minimum Gasteiger partial charge on any atom is -0.349 e. The zero-order valence-corrected chi connectivity index (χ0v) is 13.8. The Morgan fingerprint density at radius 1 is 1.23 bits per heavy atom. The zero-order valence-electron chi connectivity index (χ0n) is 13.1. The maximum Gasteiger partial charge on any atom is 0.319 e. The van der Waals surface area contributed by atoms with Gasteiger partial charge in [-0.25, -0.2) is 4.79 Å². The number of anilines is 1. The summed E-state index contributed by atoms with van der Waals surface area (Å²) in [5.74, 6) is 0.142. The number of hydrogen-bond acceptors (Lipinski definition) is 2. The fourth-order valence-corrected chi connectivity index (χ4v) is 2.01. The normalized spacial score (nSPS) is 15.3. The molecule has 1 aliphatic rings. The van der Waals surface area contributed by atoms with Crippen molar-refractivity contribution in [3.8, 4) is 0 Å². The number of halogens is 1. The van der Waals surface area contributed by atoms with Crippen LogP contribution in [0.5, 0.6) is 0 Å². The van der Waals surface area contributed by atoms with Crippen molar-refractivity contribution >= 4 is 29.2 Å². The molecule has 1 saturated carbocycles. The zero-order chi connectivity index (χ0) is 16.3. The molecule has 1 fully saturated rings. The summed E-state index contributed by atoms with van der Waals surface area (Å²) in [4.78, 5) is 24.0. The molecular weight excluding hydrogens is 302 g/mol. The van der Waals surface area contributed by atoms with Crippen LogP contribution in [0.15, 0.2) is 18.2 Å². The summed E-state index contributed by atoms with van der Waals surface area (Å²) in [5, 5.41) is 8.84. The van der Waals surface area contributed by atoms with Crippen LogP contribution in [0.4, 0.5) is 10.5 Å². The minimum atomic E-state index is -0.294. The molecule has 0 bridgehead atoms. The van der Waals surface area contributed by atoms with Crippen LogP contribution in [-0.4, -0.2) is 24.0 Å². The summed E-state index contributed by atoms with van der Waals surface area (Å²) in [5.41, 5.74) is 0.919. The Morgan fingerprint density at radius 3 is 2.50 bits per heavy atom. The van der Waals surface area contributed by atoms with Gasteiger partial charge in [-0.05, 0) is 43.9 Å². The summed E-state index contributed by atoms with van der Waals surface area (Å²) < 4.78 is 0. The third-order valence-electron chi connectivity index (χ3n) is 3.74. The molecule has 1 aromatic carbocycles. The van der Waals surface area contributed by atoms with Gasteiger partial charge in [-0.15, -0.1) is 0 Å². The molecule has 22 heavy (non-hydrogen) atoms. The van der Waals surface area contributed by atoms with Crippen LogP contribution >= 0.6 is 11.6 Å². The third kappa shape index (κ3) is 4.63. The minimum absolute atomic E-state index is 0.0601. The predicted molar refractivity (Wildman–Crippen MR) is 88.4 cm³/mol. The van der Waals surface area contributed by atoms with Crippen LogP contribution in [0, 0.1) is 5.92 Å². The first kappa shape index (κ1) is 16.6. The van der Waals surface area contributed by atoms with Gasteiger partial charge in [-0.1, -0.05) is 25.4 Å². The van der Waals surface area contributed by atoms with Gasteiger partial charge in [0.2, 0.25) is 0 Å². The van der Waals surface area contributed by atoms with Gasteiger partial charge in [0.05, 0.1) is 10.6 Å². The highest BCUT2D eigenvalue weighted by atomic mass is 35.5. The van der Waals surface area contributed by atoms with Crippen LogP contribution in [0.2, 0.25) is 5.02 Å². The Balaban J connectivity index is 2.02. The molecule has 0 aromatic heterocycles. The van der Waals surface area contributed by atoms with Crippen molar-refractivity contribution in [2.45, 2.75) is 45.7 Å². The van der Waals surface area contributed by atoms with Crippen molar-refractivity contribution in [3.63, 3.8) is 0 Å². The Bertz CT molecular complexity index is 571. The first-order chi connectivity index (χ1) is 10.4. The standard InChI is InChI=1S/C16H22ClN3O2/c1-9(2)10(3)18-16(22)20-12-6-7-14(17)13(8-12)15(21)19-11-4-5-11/h6-11H,4-5H2,1-3H3,(H,19,21)(H2,18,20,22). The van der Waals surface area contributed by atoms with Gasteiger partial charge in [-0.2, -0.15) is 0 Å². The molecule has 0 spiro atoms. The van der Waals surface area contributed by atoms with E-state index in [1.54, 1.807) is 18.2 Å². The Kier molecular flexibility index (Phi) is 5.29. The molecule has 1 unspecified atom stereocenters. The van der Waals surface area contributed by atoms with Crippen LogP contribution < -0.4 is 16.0 Å². The van der Waals surface area contributed by atoms with Crippen molar-refractivity contribution < 1.29 is 9.59 Å². The summed E-state index contributed by atoms with van der Waals surface area (Å²) in [6, 6.07) is 4.91. The van der Waals surface area contributed by atoms with Gasteiger partial charge in [-0.3, -0.25) is 4.79 Å². The molecule has 1 atom stereocenters. The smallest absolute Gasteiger partial charge is 0.319 e. The fourth-order valence-electron chi connectivity index (χ4n) is 1.81. The number of amides is 3. The molecule has 120 valence electrons. The van der Waals surface area contributed by atoms with E-state index in [2.05, 4.69) is 16.0 Å². The van der Waals surface area contributed by atoms with Gasteiger partial charge in [0.1, 0.15) is 0 Å². The highest BCUT2D eigenvalue weighted by molar-refractivity contribution is 6.34. The first-order valence-electron chi connectivity index (χ1n) is 7.54. The summed E-state index contributed by atoms with van der Waals surface area (Å²) >= 11 is 6.07. The van der Waals surface area contributed by atoms with E-state index in [-0.39, 0.29) is 24.0 Å². The highest BCUT2D eigenvalue weighted by Crippen LogP contribution is 2.24. The van der Waals surface area contributed by atoms with Crippen molar-refractivity contribution in [3.05, 3.63) is 28.8 Å². The molecule has 5 nitrogen and oxygen atoms in total. The predicted octanol–water partition coefficient (Wildman–Crippen LogP) is 3.40. The largest absolute Gasteiger partial charge is 0.349 e. The lowest BCUT2D eigenvalue weighted by Crippen LogP contribution is -2.39. The Labute approximate surface area is 135 Å². The molecule has 0 aliphatic heterocycles. The second-order valence-electron chi connectivity index (χ2n) is 6.07. The summed E-state index contributed by atoms with van der Waals surface area (Å²) in [6.45, 7) is 6.02. The van der Waals surface area contributed by atoms with Crippen LogP contribution in [0.25, 0.3) is 0 Å². The first-order valence-corrected chi connectivity index (χ1v) is 7.92. The van der Waals surface area contributed by atoms with E-state index in [4.69, 9.17) is 11.6 Å². The van der Waals surface area contributed by atoms with Gasteiger partial charge in [0.15, 0.2) is 0 Å². The van der Waals surface area contributed by atoms with E-state index in [9.17, 15) is 9.59 Å². The number of benzene rings is 1. The molecule has 1 aromatic rings. The molecule has 2 rings (SSSR count). The average molecular weight is 324 g/mol. The molecule has 0 radical (unpaired) electrons. The van der Waals surface area contributed by atoms with Gasteiger partial charge in [0, 0.05) is 17.8 Å². The average Bonchev–Trinajstić information content (AvgIpc) is 3.24. The molecular formula is C16H22ClN3O2. The van der Waals surface area contributed by atoms with Crippen LogP contribution in [0.3, 0.4) is 0 Å². The number of rotatable bonds is 5. The second kappa shape index (κ2) is 7.01. The van der Waals surface area contributed by atoms with E-state index in [1.807, 2.05) is 20.8 Å². The number of nitrogens with one attached hydrogen (secondary N) is 3. The van der Waals surface area contributed by atoms with Gasteiger partial charge in [0.25, 0.3) is 5.91 Å². The fraction of sp³-hybridized carbons (Fsp3) is 0.500. The van der Waals surface area contributed by atoms with Crippen molar-refractivity contribution in [1.29, 1.82) is 0 Å². The van der Waals surface area contributed by atoms with Crippen molar-refractivity contribution in [2.24, 2.45) is 5.92 Å². The monoisotopic (exact) mass is 323 g/mol. The van der Waals surface area contributed by atoms with Crippen molar-refractivity contribution in [2.75, 3.05) is 5.32 Å². The number of carbonyl (C=O) groups excluding carboxylic acids is 2. The van der Waals surface area contributed by atoms with Crippen molar-refractivity contribution in [1.82, 2.24) is 10.6 Å². The summed E-state index contributed by atoms with van der Waals surface area (Å²) in [6.07, 6.45) is 2.02. The molecule has 3 amide bonds. The third-order valence-corrected chi connectivity index (χ3v) is 4.07. The van der Waals surface area contributed by atoms with E-state index < -0.39 is 0 Å². The SMILES string of the molecule is CC(C)C(C)NC(=O)Nc1ccc(Cl)c(C(=O)NC2CC2)c1. The number of hydrogen-bond donors (Lipinski definition) is 3. The number of carbonyl (C=O) groups is 2. The maximum atomic E-state index is 12.1. The Hall–Kier alpha value is -1.75. The lowest BCUT2D eigenvalue weighted by molar-refractivity contribution is 0.0951. The van der Waals surface area contributed by atoms with E-state index >= 15 is 0 Å². The van der Waals surface area contributed by atoms with Crippen LogP contribution in [-0.2, 0) is 0 Å². The van der Waals surface area contributed by atoms with E-state index in [0.29, 0.717) is 22.2 Å². The topological polar surface area (TPSA) is 70.2 Å². The molecule has 6 heteroatoms. The molecule has 1 aliphatic carbocycles. The second-order valence-corrected chi connectivity index (χ2v) is 6.48. The quantitative estimate of drug-likeness (QED) is 0.777. The highest BCUT2D eigenvalue weighted by Gasteiger charge is 2.25. The molecule has 3 N–H and O–H groups in total. The maximum absolute atomic E-state index is 12.1. The lowest BCUT2D eigenvalue weighted by atomic mass is 10.1. The number of urea groups is 1. The summed E-state index contributed by atoms with van der Waals surface area (Å²) in [7, 11) is 0. The van der Waals surface area contributed by atoms with Crippen LogP contribution in [0.1, 0.15) is 44.0 Å². The van der Waals surface area contributed by atoms with Gasteiger partial charge >= 0.3 is 6.03 Å². The van der Waals surface area contributed by atoms with E-state index in [0.717, 1.165) is 12.8 Å². The molecule has 0 saturated heterocycles. The van der Waals surface area contributed by atoms with Gasteiger partial charge < -0.3 is 16.0 Å². The van der Waals surface area contributed by atoms with E-state index in [1.165, 1.54) is 0 Å².